The maximum Gasteiger partial charge on any atom is 0.223 e. The third kappa shape index (κ3) is 6.87. The van der Waals surface area contributed by atoms with Crippen molar-refractivity contribution in [1.82, 2.24) is 19.8 Å². The van der Waals surface area contributed by atoms with Crippen LogP contribution in [0, 0.1) is 6.07 Å². The first-order valence-electron chi connectivity index (χ1n) is 10.0. The summed E-state index contributed by atoms with van der Waals surface area (Å²) in [5.74, 6) is 0.774. The van der Waals surface area contributed by atoms with E-state index < -0.39 is 11.1 Å². The molecule has 2 aromatic carbocycles. The van der Waals surface area contributed by atoms with E-state index in [1.165, 1.54) is 17.8 Å². The van der Waals surface area contributed by atoms with Crippen molar-refractivity contribution in [3.8, 4) is 0 Å². The van der Waals surface area contributed by atoms with Crippen LogP contribution in [-0.4, -0.2) is 61.8 Å². The van der Waals surface area contributed by atoms with Crippen LogP contribution >= 0.6 is 0 Å². The topological polar surface area (TPSA) is 96.5 Å². The van der Waals surface area contributed by atoms with Gasteiger partial charge in [0.25, 0.3) is 0 Å². The van der Waals surface area contributed by atoms with Crippen LogP contribution in [0.3, 0.4) is 0 Å². The van der Waals surface area contributed by atoms with Gasteiger partial charge >= 0.3 is 0 Å². The molecule has 1 fully saturated rings. The summed E-state index contributed by atoms with van der Waals surface area (Å²) in [6.45, 7) is 5.33. The number of anilines is 4. The van der Waals surface area contributed by atoms with Crippen molar-refractivity contribution < 1.29 is 41.5 Å². The number of benzene rings is 2. The summed E-state index contributed by atoms with van der Waals surface area (Å²) in [5, 5.41) is 6.17. The fraction of sp³-hybridized carbons (Fsp3) is 0.273. The van der Waals surface area contributed by atoms with Crippen molar-refractivity contribution in [1.29, 1.82) is 0 Å². The largest absolute Gasteiger partial charge is 0.768 e. The molecule has 3 aromatic rings. The molecule has 1 atom stereocenters. The van der Waals surface area contributed by atoms with Crippen molar-refractivity contribution in [3.63, 3.8) is 0 Å². The van der Waals surface area contributed by atoms with Gasteiger partial charge < -0.3 is 26.2 Å². The first kappa shape index (κ1) is 24.9. The van der Waals surface area contributed by atoms with Crippen molar-refractivity contribution in [3.05, 3.63) is 66.4 Å². The molecule has 165 valence electrons. The Morgan fingerprint density at radius 3 is 2.50 bits per heavy atom. The number of piperazine rings is 1. The Balaban J connectivity index is 0.00000289. The molecular weight excluding hydrogens is 501 g/mol. The third-order valence-corrected chi connectivity index (χ3v) is 5.85. The number of para-hydroxylation sites is 1. The molecule has 0 aliphatic carbocycles. The van der Waals surface area contributed by atoms with E-state index in [0.717, 1.165) is 38.4 Å². The predicted octanol–water partition coefficient (Wildman–Crippen LogP) is 2.75. The van der Waals surface area contributed by atoms with Crippen LogP contribution in [0.1, 0.15) is 5.56 Å². The summed E-state index contributed by atoms with van der Waals surface area (Å²) < 4.78 is 22.8. The zero-order chi connectivity index (χ0) is 21.6. The Kier molecular flexibility index (Phi) is 9.27. The zero-order valence-electron chi connectivity index (χ0n) is 17.8. The van der Waals surface area contributed by atoms with E-state index in [1.807, 2.05) is 12.1 Å². The number of nitrogens with zero attached hydrogens (tertiary/aromatic N) is 4. The van der Waals surface area contributed by atoms with Gasteiger partial charge in [0.2, 0.25) is 5.95 Å². The van der Waals surface area contributed by atoms with Gasteiger partial charge in [-0.2, -0.15) is 0 Å². The summed E-state index contributed by atoms with van der Waals surface area (Å²) in [6, 6.07) is 17.7. The number of likely N-dealkylation sites (N-methyl/N-ethyl adjacent to an activating group) is 1. The summed E-state index contributed by atoms with van der Waals surface area (Å²) in [4.78, 5) is 13.6. The van der Waals surface area contributed by atoms with Gasteiger partial charge in [0.15, 0.2) is 0 Å². The van der Waals surface area contributed by atoms with Gasteiger partial charge in [0.1, 0.15) is 0 Å². The second-order valence-corrected chi connectivity index (χ2v) is 8.35. The quantitative estimate of drug-likeness (QED) is 0.359. The SMILES string of the molecule is CN1CCN(Cc2ccc(Nc3nc[c-]c(Nc4ccccc4S(=O)[O-])n3)cc2)CC1.[Y]. The first-order valence-corrected chi connectivity index (χ1v) is 11.1. The summed E-state index contributed by atoms with van der Waals surface area (Å²) >= 11 is -2.35. The van der Waals surface area contributed by atoms with Gasteiger partial charge in [-0.3, -0.25) is 14.1 Å². The standard InChI is InChI=1S/C22H25N6O2S.Y/c1-27-12-14-28(15-13-27)16-17-6-8-18(9-7-17)24-22-23-11-10-21(26-22)25-19-4-2-3-5-20(19)31(29)30;/h2-9,11H,12-16H2,1H3,(H,29,30)(H2,23,24,25,26);/q-1;/p-1. The molecule has 2 N–H and O–H groups in total. The van der Waals surface area contributed by atoms with Crippen LogP contribution in [0.5, 0.6) is 0 Å². The van der Waals surface area contributed by atoms with Crippen LogP contribution < -0.4 is 10.6 Å². The Hall–Kier alpha value is -1.75. The third-order valence-electron chi connectivity index (χ3n) is 5.14. The summed E-state index contributed by atoms with van der Waals surface area (Å²) in [5.41, 5.74) is 2.58. The minimum absolute atomic E-state index is 0. The number of hydrogen-bond donors (Lipinski definition) is 2. The van der Waals surface area contributed by atoms with E-state index in [1.54, 1.807) is 18.2 Å². The summed E-state index contributed by atoms with van der Waals surface area (Å²) in [7, 11) is 2.16. The van der Waals surface area contributed by atoms with Crippen LogP contribution in [0.4, 0.5) is 23.1 Å². The van der Waals surface area contributed by atoms with Crippen molar-refractivity contribution >= 4 is 34.2 Å². The molecule has 0 bridgehead atoms. The molecule has 0 saturated carbocycles. The van der Waals surface area contributed by atoms with Crippen LogP contribution in [-0.2, 0) is 50.3 Å². The number of rotatable bonds is 7. The molecule has 1 aromatic heterocycles. The van der Waals surface area contributed by atoms with Crippen molar-refractivity contribution in [2.75, 3.05) is 43.9 Å². The fourth-order valence-electron chi connectivity index (χ4n) is 3.38. The van der Waals surface area contributed by atoms with E-state index in [9.17, 15) is 8.76 Å². The molecule has 32 heavy (non-hydrogen) atoms. The molecule has 10 heteroatoms. The number of nitrogens with one attached hydrogen (secondary N) is 2. The van der Waals surface area contributed by atoms with E-state index in [0.29, 0.717) is 17.5 Å². The second-order valence-electron chi connectivity index (χ2n) is 7.44. The second kappa shape index (κ2) is 11.9. The fourth-order valence-corrected chi connectivity index (χ4v) is 3.86. The van der Waals surface area contributed by atoms with Gasteiger partial charge in [-0.1, -0.05) is 24.3 Å². The van der Waals surface area contributed by atoms with E-state index in [-0.39, 0.29) is 37.6 Å². The molecule has 1 radical (unpaired) electrons. The minimum Gasteiger partial charge on any atom is -0.768 e. The van der Waals surface area contributed by atoms with Gasteiger partial charge in [-0.25, -0.2) is 4.98 Å². The maximum atomic E-state index is 11.4. The van der Waals surface area contributed by atoms with Gasteiger partial charge in [0, 0.05) is 76.0 Å². The average molecular weight is 525 g/mol. The minimum atomic E-state index is -2.35. The van der Waals surface area contributed by atoms with Gasteiger partial charge in [0.05, 0.1) is 5.69 Å². The molecule has 8 nitrogen and oxygen atoms in total. The molecule has 1 saturated heterocycles. The Morgan fingerprint density at radius 2 is 1.78 bits per heavy atom. The first-order chi connectivity index (χ1) is 15.1. The van der Waals surface area contributed by atoms with E-state index in [2.05, 4.69) is 55.6 Å². The molecule has 2 heterocycles. The van der Waals surface area contributed by atoms with Gasteiger partial charge in [-0.05, 0) is 53.8 Å². The van der Waals surface area contributed by atoms with Crippen LogP contribution in [0.2, 0.25) is 0 Å². The van der Waals surface area contributed by atoms with E-state index >= 15 is 0 Å². The number of hydrogen-bond acceptors (Lipinski definition) is 8. The molecule has 1 aliphatic rings. The van der Waals surface area contributed by atoms with Crippen molar-refractivity contribution in [2.24, 2.45) is 0 Å². The normalized spacial score (nSPS) is 15.6. The Morgan fingerprint density at radius 1 is 1.06 bits per heavy atom. The zero-order valence-corrected chi connectivity index (χ0v) is 21.5. The van der Waals surface area contributed by atoms with Crippen LogP contribution in [0.15, 0.2) is 59.6 Å². The smallest absolute Gasteiger partial charge is 0.223 e. The monoisotopic (exact) mass is 525 g/mol. The molecule has 4 rings (SSSR count). The predicted molar refractivity (Wildman–Crippen MR) is 120 cm³/mol. The van der Waals surface area contributed by atoms with E-state index in [4.69, 9.17) is 0 Å². The van der Waals surface area contributed by atoms with Gasteiger partial charge in [-0.15, -0.1) is 6.20 Å². The molecule has 1 unspecified atom stereocenters. The van der Waals surface area contributed by atoms with Crippen LogP contribution in [0.25, 0.3) is 0 Å². The Bertz CT molecular complexity index is 1040. The maximum absolute atomic E-state index is 11.4. The molecular formula is C22H24N6O2SY-2. The summed E-state index contributed by atoms with van der Waals surface area (Å²) in [6.07, 6.45) is 1.50. The number of aromatic nitrogens is 2. The average Bonchev–Trinajstić information content (AvgIpc) is 2.77. The molecule has 1 aliphatic heterocycles. The van der Waals surface area contributed by atoms with Crippen molar-refractivity contribution in [2.45, 2.75) is 11.4 Å². The Labute approximate surface area is 216 Å². The molecule has 0 spiro atoms. The molecule has 0 amide bonds.